The maximum absolute atomic E-state index is 13.2. The molecular formula is C29H37N7O2. The van der Waals surface area contributed by atoms with Crippen molar-refractivity contribution in [1.82, 2.24) is 24.3 Å². The van der Waals surface area contributed by atoms with Crippen LogP contribution in [0.3, 0.4) is 0 Å². The largest absolute Gasteiger partial charge is 0.384 e. The van der Waals surface area contributed by atoms with Gasteiger partial charge in [-0.2, -0.15) is 4.98 Å². The normalized spacial score (nSPS) is 11.6. The van der Waals surface area contributed by atoms with Gasteiger partial charge in [-0.15, -0.1) is 6.58 Å². The van der Waals surface area contributed by atoms with Crippen LogP contribution >= 0.6 is 0 Å². The first-order valence-electron chi connectivity index (χ1n) is 13.1. The topological polar surface area (TPSA) is 101 Å². The lowest BCUT2D eigenvalue weighted by Crippen LogP contribution is -2.23. The lowest BCUT2D eigenvalue weighted by Gasteiger charge is -2.19. The molecule has 1 aromatic carbocycles. The van der Waals surface area contributed by atoms with Crippen LogP contribution in [0.1, 0.15) is 52.1 Å². The summed E-state index contributed by atoms with van der Waals surface area (Å²) in [4.78, 5) is 29.2. The van der Waals surface area contributed by atoms with E-state index in [0.717, 1.165) is 17.9 Å². The molecule has 0 amide bonds. The molecule has 3 heterocycles. The number of hydrogen-bond acceptors (Lipinski definition) is 7. The maximum Gasteiger partial charge on any atom is 0.278 e. The van der Waals surface area contributed by atoms with Crippen molar-refractivity contribution in [3.05, 3.63) is 77.4 Å². The number of rotatable bonds is 12. The predicted octanol–water partition coefficient (Wildman–Crippen LogP) is 5.15. The second-order valence-corrected chi connectivity index (χ2v) is 10.0. The molecule has 0 unspecified atom stereocenters. The monoisotopic (exact) mass is 515 g/mol. The van der Waals surface area contributed by atoms with Crippen LogP contribution in [0, 0.1) is 0 Å². The van der Waals surface area contributed by atoms with Gasteiger partial charge in [-0.25, -0.2) is 19.3 Å². The van der Waals surface area contributed by atoms with Crippen molar-refractivity contribution in [2.45, 2.75) is 58.6 Å². The number of hydrogen-bond donors (Lipinski definition) is 2. The fourth-order valence-electron chi connectivity index (χ4n) is 4.32. The van der Waals surface area contributed by atoms with Crippen molar-refractivity contribution >= 4 is 28.4 Å². The SMILES string of the molecule is C=CCn1c(=O)c2cnc(Nc3ccc(N(C)CCCCCC)cc3)nc2n1-c1cccc(C(C)(C)O)n1. The number of benzene rings is 1. The summed E-state index contributed by atoms with van der Waals surface area (Å²) in [5.41, 5.74) is 1.51. The third-order valence-electron chi connectivity index (χ3n) is 6.47. The van der Waals surface area contributed by atoms with E-state index in [1.54, 1.807) is 42.8 Å². The van der Waals surface area contributed by atoms with Gasteiger partial charge < -0.3 is 15.3 Å². The summed E-state index contributed by atoms with van der Waals surface area (Å²) in [6.45, 7) is 10.6. The fraction of sp³-hybridized carbons (Fsp3) is 0.379. The Balaban J connectivity index is 1.65. The van der Waals surface area contributed by atoms with Crippen molar-refractivity contribution in [1.29, 1.82) is 0 Å². The summed E-state index contributed by atoms with van der Waals surface area (Å²) < 4.78 is 3.16. The zero-order valence-corrected chi connectivity index (χ0v) is 22.7. The highest BCUT2D eigenvalue weighted by atomic mass is 16.3. The van der Waals surface area contributed by atoms with Crippen LogP contribution in [0.15, 0.2) is 66.1 Å². The summed E-state index contributed by atoms with van der Waals surface area (Å²) in [5, 5.41) is 14.1. The second kappa shape index (κ2) is 11.6. The molecule has 0 spiro atoms. The predicted molar refractivity (Wildman–Crippen MR) is 153 cm³/mol. The zero-order chi connectivity index (χ0) is 27.3. The van der Waals surface area contributed by atoms with Crippen LogP contribution in [0.4, 0.5) is 17.3 Å². The Morgan fingerprint density at radius 3 is 2.55 bits per heavy atom. The smallest absolute Gasteiger partial charge is 0.278 e. The van der Waals surface area contributed by atoms with E-state index in [1.165, 1.54) is 36.6 Å². The van der Waals surface area contributed by atoms with Gasteiger partial charge in [0, 0.05) is 31.2 Å². The lowest BCUT2D eigenvalue weighted by molar-refractivity contribution is 0.0738. The fourth-order valence-corrected chi connectivity index (χ4v) is 4.32. The van der Waals surface area contributed by atoms with E-state index in [9.17, 15) is 9.90 Å². The molecule has 0 bridgehead atoms. The molecule has 0 fully saturated rings. The number of nitrogens with zero attached hydrogens (tertiary/aromatic N) is 6. The Morgan fingerprint density at radius 2 is 1.87 bits per heavy atom. The van der Waals surface area contributed by atoms with E-state index in [1.807, 2.05) is 12.1 Å². The summed E-state index contributed by atoms with van der Waals surface area (Å²) in [6.07, 6.45) is 8.10. The summed E-state index contributed by atoms with van der Waals surface area (Å²) in [5.74, 6) is 0.830. The summed E-state index contributed by atoms with van der Waals surface area (Å²) >= 11 is 0. The second-order valence-electron chi connectivity index (χ2n) is 10.0. The first-order chi connectivity index (χ1) is 18.2. The molecule has 0 radical (unpaired) electrons. The number of pyridine rings is 1. The van der Waals surface area contributed by atoms with Gasteiger partial charge in [-0.1, -0.05) is 38.3 Å². The molecule has 9 heteroatoms. The molecule has 38 heavy (non-hydrogen) atoms. The van der Waals surface area contributed by atoms with Gasteiger partial charge >= 0.3 is 0 Å². The zero-order valence-electron chi connectivity index (χ0n) is 22.7. The van der Waals surface area contributed by atoms with Gasteiger partial charge in [-0.05, 0) is 56.7 Å². The average Bonchev–Trinajstić information content (AvgIpc) is 3.17. The molecule has 4 aromatic rings. The highest BCUT2D eigenvalue weighted by Crippen LogP contribution is 2.23. The number of fused-ring (bicyclic) bond motifs is 1. The molecule has 0 atom stereocenters. The van der Waals surface area contributed by atoms with Crippen molar-refractivity contribution in [3.63, 3.8) is 0 Å². The third kappa shape index (κ3) is 5.94. The van der Waals surface area contributed by atoms with Gasteiger partial charge in [0.15, 0.2) is 11.5 Å². The molecule has 0 saturated heterocycles. The average molecular weight is 516 g/mol. The van der Waals surface area contributed by atoms with Gasteiger partial charge in [-0.3, -0.25) is 4.79 Å². The molecule has 9 nitrogen and oxygen atoms in total. The standard InChI is InChI=1S/C29H37N7O2/c1-6-8-9-10-19-34(5)22-16-14-21(15-17-22)31-28-30-20-23-26(33-28)36(35(18-7-2)27(23)37)25-13-11-12-24(32-25)29(3,4)38/h7,11-17,20,38H,2,6,8-10,18-19H2,1,3-5H3,(H,30,31,33). The molecule has 0 saturated carbocycles. The quantitative estimate of drug-likeness (QED) is 0.199. The van der Waals surface area contributed by atoms with Gasteiger partial charge in [0.1, 0.15) is 11.0 Å². The minimum Gasteiger partial charge on any atom is -0.384 e. The molecule has 0 aliphatic heterocycles. The third-order valence-corrected chi connectivity index (χ3v) is 6.47. The Bertz CT molecular complexity index is 1450. The van der Waals surface area contributed by atoms with E-state index in [2.05, 4.69) is 52.9 Å². The number of nitrogens with one attached hydrogen (secondary N) is 1. The van der Waals surface area contributed by atoms with Crippen molar-refractivity contribution in [2.24, 2.45) is 0 Å². The molecule has 2 N–H and O–H groups in total. The Kier molecular flexibility index (Phi) is 8.26. The molecule has 3 aromatic heterocycles. The molecule has 200 valence electrons. The van der Waals surface area contributed by atoms with Crippen LogP contribution in [0.2, 0.25) is 0 Å². The van der Waals surface area contributed by atoms with Crippen molar-refractivity contribution in [2.75, 3.05) is 23.8 Å². The van der Waals surface area contributed by atoms with E-state index >= 15 is 0 Å². The van der Waals surface area contributed by atoms with Crippen molar-refractivity contribution in [3.8, 4) is 5.82 Å². The first-order valence-corrected chi connectivity index (χ1v) is 13.1. The van der Waals surface area contributed by atoms with E-state index in [-0.39, 0.29) is 12.1 Å². The van der Waals surface area contributed by atoms with Crippen LogP contribution in [0.5, 0.6) is 0 Å². The Hall–Kier alpha value is -3.98. The highest BCUT2D eigenvalue weighted by Gasteiger charge is 2.21. The van der Waals surface area contributed by atoms with Crippen LogP contribution in [-0.4, -0.2) is 43.0 Å². The van der Waals surface area contributed by atoms with Crippen molar-refractivity contribution < 1.29 is 5.11 Å². The number of anilines is 3. The Labute approximate surface area is 223 Å². The Morgan fingerprint density at radius 1 is 1.11 bits per heavy atom. The maximum atomic E-state index is 13.2. The number of aliphatic hydroxyl groups is 1. The lowest BCUT2D eigenvalue weighted by atomic mass is 10.1. The molecule has 0 aliphatic carbocycles. The molecule has 0 aliphatic rings. The number of unbranched alkanes of at least 4 members (excludes halogenated alkanes) is 3. The van der Waals surface area contributed by atoms with Gasteiger partial charge in [0.25, 0.3) is 5.56 Å². The minimum absolute atomic E-state index is 0.242. The minimum atomic E-state index is -1.14. The van der Waals surface area contributed by atoms with Gasteiger partial charge in [0.05, 0.1) is 12.2 Å². The summed E-state index contributed by atoms with van der Waals surface area (Å²) in [6, 6.07) is 13.5. The van der Waals surface area contributed by atoms with Crippen LogP contribution in [-0.2, 0) is 12.1 Å². The van der Waals surface area contributed by atoms with E-state index < -0.39 is 5.60 Å². The highest BCUT2D eigenvalue weighted by molar-refractivity contribution is 5.77. The summed E-state index contributed by atoms with van der Waals surface area (Å²) in [7, 11) is 2.11. The molecule has 4 rings (SSSR count). The number of aromatic nitrogens is 5. The first kappa shape index (κ1) is 27.1. The number of allylic oxidation sites excluding steroid dienone is 1. The van der Waals surface area contributed by atoms with Crippen LogP contribution < -0.4 is 15.8 Å². The van der Waals surface area contributed by atoms with Crippen LogP contribution in [0.25, 0.3) is 16.9 Å². The van der Waals surface area contributed by atoms with E-state index in [4.69, 9.17) is 4.98 Å². The van der Waals surface area contributed by atoms with E-state index in [0.29, 0.717) is 28.5 Å². The van der Waals surface area contributed by atoms with Gasteiger partial charge in [0.2, 0.25) is 5.95 Å². The molecular weight excluding hydrogens is 478 g/mol.